The first-order valence-electron chi connectivity index (χ1n) is 7.53. The molecule has 3 aromatic carbocycles. The average Bonchev–Trinajstić information content (AvgIpc) is 2.91. The van der Waals surface area contributed by atoms with Crippen LogP contribution >= 0.6 is 0 Å². The van der Waals surface area contributed by atoms with E-state index in [2.05, 4.69) is 0 Å². The number of carbonyl (C=O) groups excluding carboxylic acids is 1. The molecule has 0 fully saturated rings. The third-order valence-electron chi connectivity index (χ3n) is 4.32. The number of hydrogen-bond acceptors (Lipinski definition) is 4. The fourth-order valence-electron chi connectivity index (χ4n) is 3.20. The second kappa shape index (κ2) is 6.94. The van der Waals surface area contributed by atoms with E-state index in [4.69, 9.17) is 4.74 Å². The van der Waals surface area contributed by atoms with Crippen LogP contribution in [-0.4, -0.2) is 67.6 Å². The molecule has 121 valence electrons. The van der Waals surface area contributed by atoms with Crippen molar-refractivity contribution < 1.29 is 21.2 Å². The van der Waals surface area contributed by atoms with Crippen molar-refractivity contribution in [2.24, 2.45) is 0 Å². The number of cyclic esters (lactones) is 1. The Kier molecular flexibility index (Phi) is 5.04. The van der Waals surface area contributed by atoms with Gasteiger partial charge in [-0.1, -0.05) is 42.5 Å². The normalized spacial score (nSPS) is 14.3. The molecule has 0 unspecified atom stereocenters. The van der Waals surface area contributed by atoms with Gasteiger partial charge in [-0.25, -0.2) is 4.79 Å². The van der Waals surface area contributed by atoms with Crippen LogP contribution in [-0.2, 0) is 10.3 Å². The fraction of sp³-hybridized carbons (Fsp3) is 0.0500. The predicted molar refractivity (Wildman–Crippen MR) is 96.2 cm³/mol. The number of phenolic OH excluding ortho intramolecular Hbond substituents is 2. The summed E-state index contributed by atoms with van der Waals surface area (Å²) in [6.45, 7) is 0. The van der Waals surface area contributed by atoms with Gasteiger partial charge in [0.2, 0.25) is 0 Å². The Labute approximate surface area is 189 Å². The molecule has 0 bridgehead atoms. The van der Waals surface area contributed by atoms with Crippen LogP contribution in [0.1, 0.15) is 28.5 Å². The molecule has 0 aliphatic carbocycles. The number of aromatic hydroxyl groups is 2. The van der Waals surface area contributed by atoms with E-state index in [0.29, 0.717) is 5.56 Å². The first kappa shape index (κ1) is 18.2. The van der Waals surface area contributed by atoms with E-state index in [0.717, 1.165) is 16.7 Å². The monoisotopic (exact) mass is 359 g/mol. The van der Waals surface area contributed by atoms with Crippen LogP contribution in [0.3, 0.4) is 0 Å². The molecule has 0 amide bonds. The summed E-state index contributed by atoms with van der Waals surface area (Å²) in [6.07, 6.45) is 0. The van der Waals surface area contributed by atoms with Crippen molar-refractivity contribution in [3.63, 3.8) is 0 Å². The number of carbonyl (C=O) groups is 1. The Bertz CT molecular complexity index is 878. The van der Waals surface area contributed by atoms with Gasteiger partial charge in [-0.15, -0.1) is 0 Å². The maximum absolute atomic E-state index is 12.4. The van der Waals surface area contributed by atoms with Crippen LogP contribution in [0.4, 0.5) is 0 Å². The molecule has 0 aromatic heterocycles. The van der Waals surface area contributed by atoms with Crippen LogP contribution in [0.2, 0.25) is 0 Å². The molecule has 2 N–H and O–H groups in total. The molecule has 1 radical (unpaired) electrons. The average molecular weight is 359 g/mol. The second-order valence-corrected chi connectivity index (χ2v) is 5.71. The number of ether oxygens (including phenoxy) is 1. The molecule has 1 aliphatic heterocycles. The van der Waals surface area contributed by atoms with Crippen molar-refractivity contribution >= 4 is 57.4 Å². The molecule has 1 aliphatic rings. The van der Waals surface area contributed by atoms with E-state index < -0.39 is 11.6 Å². The summed E-state index contributed by atoms with van der Waals surface area (Å²) in [5, 5.41) is 19.2. The summed E-state index contributed by atoms with van der Waals surface area (Å²) in [4.78, 5) is 12.4. The first-order chi connectivity index (χ1) is 11.6. The molecule has 0 saturated heterocycles. The van der Waals surface area contributed by atoms with E-state index >= 15 is 0 Å². The van der Waals surface area contributed by atoms with Crippen molar-refractivity contribution in [2.45, 2.75) is 5.60 Å². The Morgan fingerprint density at radius 2 is 1.24 bits per heavy atom. The van der Waals surface area contributed by atoms with E-state index in [1.54, 1.807) is 60.7 Å². The zero-order valence-corrected chi connectivity index (χ0v) is 12.6. The quantitative estimate of drug-likeness (QED) is 0.545. The third kappa shape index (κ3) is 2.92. The van der Waals surface area contributed by atoms with E-state index in [1.807, 2.05) is 12.1 Å². The van der Waals surface area contributed by atoms with Gasteiger partial charge in [0.05, 0.1) is 5.56 Å². The van der Waals surface area contributed by atoms with Gasteiger partial charge in [0.1, 0.15) is 11.5 Å². The number of rotatable bonds is 2. The van der Waals surface area contributed by atoms with E-state index in [-0.39, 0.29) is 64.3 Å². The number of hydrogen-bond donors (Lipinski definition) is 2. The molecule has 0 spiro atoms. The summed E-state index contributed by atoms with van der Waals surface area (Å²) < 4.78 is 5.87. The van der Waals surface area contributed by atoms with Gasteiger partial charge < -0.3 is 14.9 Å². The van der Waals surface area contributed by atoms with Gasteiger partial charge in [0, 0.05) is 18.1 Å². The minimum atomic E-state index is -1.10. The van der Waals surface area contributed by atoms with Crippen molar-refractivity contribution in [2.75, 3.05) is 0 Å². The SMILES string of the molecule is O=C1OC(c2ccc(O)cc2)(c2ccc(O)cc2)c2ccccc21.[H].[KH]. The van der Waals surface area contributed by atoms with Gasteiger partial charge in [-0.2, -0.15) is 0 Å². The van der Waals surface area contributed by atoms with Crippen LogP contribution in [0, 0.1) is 0 Å². The van der Waals surface area contributed by atoms with Gasteiger partial charge >= 0.3 is 57.4 Å². The molecule has 4 nitrogen and oxygen atoms in total. The third-order valence-corrected chi connectivity index (χ3v) is 4.32. The van der Waals surface area contributed by atoms with Gasteiger partial charge in [0.15, 0.2) is 5.60 Å². The summed E-state index contributed by atoms with van der Waals surface area (Å²) in [5.74, 6) is -0.124. The van der Waals surface area contributed by atoms with E-state index in [9.17, 15) is 15.0 Å². The molecule has 1 heterocycles. The van der Waals surface area contributed by atoms with Crippen LogP contribution in [0.15, 0.2) is 72.8 Å². The van der Waals surface area contributed by atoms with Gasteiger partial charge in [-0.3, -0.25) is 0 Å². The molecular weight excluding hydrogens is 343 g/mol. The fourth-order valence-corrected chi connectivity index (χ4v) is 3.20. The zero-order chi connectivity index (χ0) is 16.7. The molecule has 4 rings (SSSR count). The molecule has 0 atom stereocenters. The maximum atomic E-state index is 12.4. The van der Waals surface area contributed by atoms with Crippen molar-refractivity contribution in [3.05, 3.63) is 95.1 Å². The Hall–Kier alpha value is -1.63. The number of fused-ring (bicyclic) bond motifs is 1. The number of phenols is 2. The Morgan fingerprint density at radius 1 is 0.760 bits per heavy atom. The topological polar surface area (TPSA) is 66.8 Å². The second-order valence-electron chi connectivity index (χ2n) is 5.71. The van der Waals surface area contributed by atoms with Crippen molar-refractivity contribution in [3.8, 4) is 11.5 Å². The van der Waals surface area contributed by atoms with Gasteiger partial charge in [0.25, 0.3) is 0 Å². The first-order valence-corrected chi connectivity index (χ1v) is 7.53. The minimum absolute atomic E-state index is 0. The van der Waals surface area contributed by atoms with Crippen LogP contribution in [0.25, 0.3) is 0 Å². The molecule has 5 heteroatoms. The van der Waals surface area contributed by atoms with Crippen molar-refractivity contribution in [1.82, 2.24) is 0 Å². The molecule has 25 heavy (non-hydrogen) atoms. The zero-order valence-electron chi connectivity index (χ0n) is 13.6. The number of benzene rings is 3. The summed E-state index contributed by atoms with van der Waals surface area (Å²) >= 11 is 0. The molecule has 0 saturated carbocycles. The van der Waals surface area contributed by atoms with Crippen LogP contribution < -0.4 is 0 Å². The molecular formula is C20H16KO4. The van der Waals surface area contributed by atoms with Crippen LogP contribution in [0.5, 0.6) is 11.5 Å². The Balaban J connectivity index is 0.00000121. The summed E-state index contributed by atoms with van der Waals surface area (Å²) in [7, 11) is 0. The van der Waals surface area contributed by atoms with Gasteiger partial charge in [-0.05, 0) is 30.3 Å². The summed E-state index contributed by atoms with van der Waals surface area (Å²) in [5.41, 5.74) is 1.60. The standard InChI is InChI=1S/C20H14O4.K.2H/c21-15-9-5-13(6-10-15)20(14-7-11-16(22)12-8-14)18-4-2-1-3-17(18)19(23)24-20;;;/h1-12,21-22H;;;. The van der Waals surface area contributed by atoms with E-state index in [1.165, 1.54) is 0 Å². The Morgan fingerprint density at radius 3 is 1.76 bits per heavy atom. The molecule has 3 aromatic rings. The van der Waals surface area contributed by atoms with Crippen molar-refractivity contribution in [1.29, 1.82) is 0 Å². The summed E-state index contributed by atoms with van der Waals surface area (Å²) in [6, 6.07) is 20.4. The predicted octanol–water partition coefficient (Wildman–Crippen LogP) is 3.02. The number of esters is 1.